The standard InChI is InChI=1S/C18H24N2O5S2/c21-17(15-12-3-5-13(6-4-12)16(15)18(22)23)19-7-9-20(10-8-19)27(24,25)14-2-1-11-26-14/h1-2,11-13,15-16H,3-10H2,(H,22,23)/t12?,13?,15-,16-/m0/s1. The van der Waals surface area contributed by atoms with Crippen LogP contribution in [0, 0.1) is 23.7 Å². The molecule has 0 aromatic carbocycles. The van der Waals surface area contributed by atoms with Crippen LogP contribution in [-0.2, 0) is 19.6 Å². The summed E-state index contributed by atoms with van der Waals surface area (Å²) in [6, 6.07) is 3.30. The SMILES string of the molecule is O=C(O)[C@H]1C2CCC(CC2)[C@@H]1C(=O)N1CCN(S(=O)(=O)c2cccs2)CC1. The zero-order chi connectivity index (χ0) is 19.2. The molecule has 7 nitrogen and oxygen atoms in total. The van der Waals surface area contributed by atoms with E-state index in [1.807, 2.05) is 0 Å². The summed E-state index contributed by atoms with van der Waals surface area (Å²) in [7, 11) is -3.51. The van der Waals surface area contributed by atoms with Crippen LogP contribution in [0.5, 0.6) is 0 Å². The summed E-state index contributed by atoms with van der Waals surface area (Å²) in [5.41, 5.74) is 0. The van der Waals surface area contributed by atoms with E-state index < -0.39 is 27.8 Å². The normalized spacial score (nSPS) is 31.8. The number of aliphatic carboxylic acids is 1. The van der Waals surface area contributed by atoms with Crippen LogP contribution in [0.2, 0.25) is 0 Å². The van der Waals surface area contributed by atoms with Crippen LogP contribution in [0.15, 0.2) is 21.7 Å². The van der Waals surface area contributed by atoms with Gasteiger partial charge in [-0.05, 0) is 49.0 Å². The van der Waals surface area contributed by atoms with Crippen molar-refractivity contribution in [1.82, 2.24) is 9.21 Å². The lowest BCUT2D eigenvalue weighted by molar-refractivity contribution is -0.162. The minimum absolute atomic E-state index is 0.0926. The third-order valence-electron chi connectivity index (χ3n) is 6.43. The number of sulfonamides is 1. The van der Waals surface area contributed by atoms with E-state index in [2.05, 4.69) is 0 Å². The van der Waals surface area contributed by atoms with Crippen LogP contribution in [-0.4, -0.2) is 60.8 Å². The fraction of sp³-hybridized carbons (Fsp3) is 0.667. The van der Waals surface area contributed by atoms with Gasteiger partial charge in [0, 0.05) is 26.2 Å². The fourth-order valence-electron chi connectivity index (χ4n) is 5.06. The van der Waals surface area contributed by atoms with E-state index in [4.69, 9.17) is 0 Å². The maximum absolute atomic E-state index is 13.1. The van der Waals surface area contributed by atoms with Crippen molar-refractivity contribution in [3.8, 4) is 0 Å². The molecule has 1 aliphatic heterocycles. The van der Waals surface area contributed by atoms with E-state index in [0.29, 0.717) is 17.3 Å². The first kappa shape index (κ1) is 18.9. The number of hydrogen-bond acceptors (Lipinski definition) is 5. The zero-order valence-electron chi connectivity index (χ0n) is 15.0. The van der Waals surface area contributed by atoms with Gasteiger partial charge < -0.3 is 10.0 Å². The Morgan fingerprint density at radius 1 is 1.00 bits per heavy atom. The number of amides is 1. The number of carbonyl (C=O) groups is 2. The van der Waals surface area contributed by atoms with Crippen molar-refractivity contribution in [3.63, 3.8) is 0 Å². The summed E-state index contributed by atoms with van der Waals surface area (Å²) in [6.07, 6.45) is 3.66. The zero-order valence-corrected chi connectivity index (χ0v) is 16.6. The number of piperazine rings is 1. The number of rotatable bonds is 4. The lowest BCUT2D eigenvalue weighted by Gasteiger charge is -2.48. The first-order valence-corrected chi connectivity index (χ1v) is 11.8. The van der Waals surface area contributed by atoms with Gasteiger partial charge in [-0.1, -0.05) is 6.07 Å². The van der Waals surface area contributed by atoms with E-state index in [0.717, 1.165) is 25.7 Å². The highest BCUT2D eigenvalue weighted by Gasteiger charge is 2.51. The van der Waals surface area contributed by atoms with Gasteiger partial charge in [0.25, 0.3) is 10.0 Å². The number of nitrogens with zero attached hydrogens (tertiary/aromatic N) is 2. The van der Waals surface area contributed by atoms with Gasteiger partial charge in [0.1, 0.15) is 4.21 Å². The Balaban J connectivity index is 1.45. The summed E-state index contributed by atoms with van der Waals surface area (Å²) < 4.78 is 27.0. The minimum atomic E-state index is -3.51. The molecule has 3 saturated carbocycles. The third-order valence-corrected chi connectivity index (χ3v) is 9.70. The van der Waals surface area contributed by atoms with Crippen LogP contribution in [0.3, 0.4) is 0 Å². The van der Waals surface area contributed by atoms with E-state index in [1.165, 1.54) is 15.6 Å². The Bertz CT molecular complexity index is 807. The highest BCUT2D eigenvalue weighted by molar-refractivity contribution is 7.91. The van der Waals surface area contributed by atoms with Gasteiger partial charge in [-0.2, -0.15) is 4.31 Å². The number of thiophene rings is 1. The number of hydrogen-bond donors (Lipinski definition) is 1. The summed E-state index contributed by atoms with van der Waals surface area (Å²) in [4.78, 5) is 26.6. The van der Waals surface area contributed by atoms with Gasteiger partial charge in [0.15, 0.2) is 0 Å². The number of carboxylic acids is 1. The first-order chi connectivity index (χ1) is 12.9. The Hall–Kier alpha value is -1.45. The molecule has 1 saturated heterocycles. The first-order valence-electron chi connectivity index (χ1n) is 9.45. The van der Waals surface area contributed by atoms with Crippen molar-refractivity contribution in [3.05, 3.63) is 17.5 Å². The topological polar surface area (TPSA) is 95.0 Å². The van der Waals surface area contributed by atoms with Crippen molar-refractivity contribution in [2.75, 3.05) is 26.2 Å². The lowest BCUT2D eigenvalue weighted by atomic mass is 9.58. The molecule has 2 bridgehead atoms. The van der Waals surface area contributed by atoms with Crippen LogP contribution < -0.4 is 0 Å². The van der Waals surface area contributed by atoms with Gasteiger partial charge >= 0.3 is 5.97 Å². The number of carboxylic acid groups (broad SMARTS) is 1. The van der Waals surface area contributed by atoms with Crippen molar-refractivity contribution in [2.45, 2.75) is 29.9 Å². The lowest BCUT2D eigenvalue weighted by Crippen LogP contribution is -2.56. The summed E-state index contributed by atoms with van der Waals surface area (Å²) >= 11 is 1.19. The van der Waals surface area contributed by atoms with E-state index in [-0.39, 0.29) is 30.8 Å². The van der Waals surface area contributed by atoms with E-state index in [9.17, 15) is 23.1 Å². The smallest absolute Gasteiger partial charge is 0.307 e. The van der Waals surface area contributed by atoms with Crippen molar-refractivity contribution < 1.29 is 23.1 Å². The quantitative estimate of drug-likeness (QED) is 0.812. The van der Waals surface area contributed by atoms with Gasteiger partial charge in [-0.15, -0.1) is 11.3 Å². The molecule has 148 valence electrons. The predicted molar refractivity (Wildman–Crippen MR) is 99.7 cm³/mol. The second-order valence-electron chi connectivity index (χ2n) is 7.73. The number of fused-ring (bicyclic) bond motifs is 3. The average Bonchev–Trinajstić information content (AvgIpc) is 3.23. The maximum Gasteiger partial charge on any atom is 0.307 e. The minimum Gasteiger partial charge on any atom is -0.481 e. The summed E-state index contributed by atoms with van der Waals surface area (Å²) in [5.74, 6) is -1.74. The molecular weight excluding hydrogens is 388 g/mol. The molecule has 27 heavy (non-hydrogen) atoms. The van der Waals surface area contributed by atoms with Crippen molar-refractivity contribution >= 4 is 33.2 Å². The molecule has 3 aliphatic carbocycles. The highest BCUT2D eigenvalue weighted by Crippen LogP contribution is 2.49. The molecule has 9 heteroatoms. The van der Waals surface area contributed by atoms with Gasteiger partial charge in [0.2, 0.25) is 5.91 Å². The Kier molecular flexibility index (Phi) is 5.02. The molecule has 1 amide bonds. The second kappa shape index (κ2) is 7.18. The molecule has 4 fully saturated rings. The van der Waals surface area contributed by atoms with Crippen LogP contribution in [0.25, 0.3) is 0 Å². The van der Waals surface area contributed by atoms with E-state index >= 15 is 0 Å². The molecule has 5 rings (SSSR count). The maximum atomic E-state index is 13.1. The Morgan fingerprint density at radius 3 is 2.11 bits per heavy atom. The molecule has 1 N–H and O–H groups in total. The summed E-state index contributed by atoms with van der Waals surface area (Å²) in [5, 5.41) is 11.4. The molecule has 0 spiro atoms. The Labute approximate surface area is 163 Å². The molecule has 2 heterocycles. The van der Waals surface area contributed by atoms with Gasteiger partial charge in [0.05, 0.1) is 11.8 Å². The second-order valence-corrected chi connectivity index (χ2v) is 10.8. The largest absolute Gasteiger partial charge is 0.481 e. The molecule has 0 unspecified atom stereocenters. The monoisotopic (exact) mass is 412 g/mol. The molecule has 4 aliphatic rings. The fourth-order valence-corrected chi connectivity index (χ4v) is 7.62. The molecule has 2 atom stereocenters. The van der Waals surface area contributed by atoms with Crippen molar-refractivity contribution in [1.29, 1.82) is 0 Å². The highest BCUT2D eigenvalue weighted by atomic mass is 32.2. The van der Waals surface area contributed by atoms with Crippen LogP contribution in [0.1, 0.15) is 25.7 Å². The molecular formula is C18H24N2O5S2. The average molecular weight is 413 g/mol. The van der Waals surface area contributed by atoms with Gasteiger partial charge in [-0.25, -0.2) is 8.42 Å². The number of carbonyl (C=O) groups excluding carboxylic acids is 1. The van der Waals surface area contributed by atoms with Crippen LogP contribution in [0.4, 0.5) is 0 Å². The van der Waals surface area contributed by atoms with Gasteiger partial charge in [-0.3, -0.25) is 9.59 Å². The molecule has 1 aromatic heterocycles. The summed E-state index contributed by atoms with van der Waals surface area (Å²) in [6.45, 7) is 1.16. The molecule has 0 radical (unpaired) electrons. The third kappa shape index (κ3) is 3.30. The predicted octanol–water partition coefficient (Wildman–Crippen LogP) is 1.72. The Morgan fingerprint density at radius 2 is 1.59 bits per heavy atom. The molecule has 1 aromatic rings. The van der Waals surface area contributed by atoms with Crippen LogP contribution >= 0.6 is 11.3 Å². The van der Waals surface area contributed by atoms with E-state index in [1.54, 1.807) is 22.4 Å². The van der Waals surface area contributed by atoms with Crippen molar-refractivity contribution in [2.24, 2.45) is 23.7 Å².